The van der Waals surface area contributed by atoms with Gasteiger partial charge in [-0.15, -0.1) is 10.2 Å². The molecule has 5 aromatic rings. The zero-order chi connectivity index (χ0) is 23.4. The van der Waals surface area contributed by atoms with Crippen molar-refractivity contribution in [2.45, 2.75) is 32.2 Å². The largest absolute Gasteiger partial charge is 0.411 e. The van der Waals surface area contributed by atoms with Crippen LogP contribution in [-0.4, -0.2) is 56.9 Å². The standard InChI is InChI=1S/C23H23N9O2/c1-13(2)14-5-4-8-32-18(14)11-17(29-32)20-19-15(24-12-25-19)7-10-31(20)23(33)22-27-26-21(34-22)16-6-9-30(3)28-16/h4-6,8-9,11-13,20H,7,10H2,1-3H3,(H,24,25)/t20-/m1/s1. The van der Waals surface area contributed by atoms with Crippen molar-refractivity contribution in [1.29, 1.82) is 0 Å². The maximum Gasteiger partial charge on any atom is 0.312 e. The van der Waals surface area contributed by atoms with Crippen LogP contribution in [0.15, 0.2) is 47.4 Å². The fraction of sp³-hybridized carbons (Fsp3) is 0.304. The van der Waals surface area contributed by atoms with Crippen molar-refractivity contribution in [3.63, 3.8) is 0 Å². The van der Waals surface area contributed by atoms with Crippen molar-refractivity contribution in [2.24, 2.45) is 7.05 Å². The van der Waals surface area contributed by atoms with Gasteiger partial charge in [-0.1, -0.05) is 19.9 Å². The second kappa shape index (κ2) is 7.65. The molecular formula is C23H23N9O2. The summed E-state index contributed by atoms with van der Waals surface area (Å²) in [6.07, 6.45) is 5.99. The number of nitrogens with zero attached hydrogens (tertiary/aromatic N) is 8. The molecule has 0 radical (unpaired) electrons. The summed E-state index contributed by atoms with van der Waals surface area (Å²) in [6.45, 7) is 4.77. The number of amides is 1. The third-order valence-corrected chi connectivity index (χ3v) is 6.18. The van der Waals surface area contributed by atoms with E-state index in [1.54, 1.807) is 35.2 Å². The summed E-state index contributed by atoms with van der Waals surface area (Å²) in [5, 5.41) is 17.1. The second-order valence-electron chi connectivity index (χ2n) is 8.72. The van der Waals surface area contributed by atoms with Crippen molar-refractivity contribution in [1.82, 2.24) is 44.5 Å². The lowest BCUT2D eigenvalue weighted by Crippen LogP contribution is -2.41. The molecule has 0 saturated heterocycles. The molecule has 6 heterocycles. The number of carbonyl (C=O) groups excluding carboxylic acids is 1. The van der Waals surface area contributed by atoms with Gasteiger partial charge in [-0.3, -0.25) is 9.48 Å². The predicted molar refractivity (Wildman–Crippen MR) is 121 cm³/mol. The van der Waals surface area contributed by atoms with Gasteiger partial charge in [0.1, 0.15) is 11.7 Å². The topological polar surface area (TPSA) is 123 Å². The molecule has 1 amide bonds. The number of imidazole rings is 1. The van der Waals surface area contributed by atoms with Crippen molar-refractivity contribution in [3.05, 3.63) is 71.5 Å². The number of fused-ring (bicyclic) bond motifs is 2. The SMILES string of the molecule is CC(C)c1cccn2nc([C@@H]3c4nc[nH]c4CCN3C(=O)c3nnc(-c4ccn(C)n4)o3)cc12. The molecule has 11 heteroatoms. The van der Waals surface area contributed by atoms with E-state index in [0.717, 1.165) is 22.6 Å². The van der Waals surface area contributed by atoms with Crippen LogP contribution in [0.5, 0.6) is 0 Å². The molecule has 0 saturated carbocycles. The van der Waals surface area contributed by atoms with E-state index in [2.05, 4.69) is 45.2 Å². The number of H-pyrrole nitrogens is 1. The van der Waals surface area contributed by atoms with Gasteiger partial charge in [-0.25, -0.2) is 9.50 Å². The van der Waals surface area contributed by atoms with Gasteiger partial charge in [0, 0.05) is 38.1 Å². The molecular weight excluding hydrogens is 434 g/mol. The first-order valence-corrected chi connectivity index (χ1v) is 11.1. The molecule has 1 N–H and O–H groups in total. The summed E-state index contributed by atoms with van der Waals surface area (Å²) in [7, 11) is 1.80. The molecule has 0 unspecified atom stereocenters. The Bertz CT molecular complexity index is 1510. The average molecular weight is 457 g/mol. The Morgan fingerprint density at radius 3 is 2.88 bits per heavy atom. The van der Waals surface area contributed by atoms with E-state index in [0.29, 0.717) is 24.6 Å². The van der Waals surface area contributed by atoms with E-state index >= 15 is 0 Å². The van der Waals surface area contributed by atoms with Crippen LogP contribution in [-0.2, 0) is 13.5 Å². The minimum Gasteiger partial charge on any atom is -0.411 e. The highest BCUT2D eigenvalue weighted by atomic mass is 16.4. The first-order chi connectivity index (χ1) is 16.5. The third kappa shape index (κ3) is 3.19. The van der Waals surface area contributed by atoms with Crippen molar-refractivity contribution in [3.8, 4) is 11.6 Å². The van der Waals surface area contributed by atoms with Crippen LogP contribution in [0.25, 0.3) is 17.1 Å². The third-order valence-electron chi connectivity index (χ3n) is 6.18. The second-order valence-corrected chi connectivity index (χ2v) is 8.72. The van der Waals surface area contributed by atoms with Gasteiger partial charge in [-0.2, -0.15) is 10.2 Å². The number of hydrogen-bond donors (Lipinski definition) is 1. The minimum atomic E-state index is -0.479. The molecule has 1 atom stereocenters. The first-order valence-electron chi connectivity index (χ1n) is 11.1. The Kier molecular flexibility index (Phi) is 4.57. The molecule has 0 spiro atoms. The van der Waals surface area contributed by atoms with Crippen LogP contribution >= 0.6 is 0 Å². The lowest BCUT2D eigenvalue weighted by Gasteiger charge is -2.32. The number of aromatic nitrogens is 8. The van der Waals surface area contributed by atoms with E-state index in [-0.39, 0.29) is 17.7 Å². The summed E-state index contributed by atoms with van der Waals surface area (Å²) in [6, 6.07) is 7.40. The normalized spacial score (nSPS) is 15.9. The molecule has 172 valence electrons. The minimum absolute atomic E-state index is 0.0868. The fourth-order valence-electron chi connectivity index (χ4n) is 4.54. The van der Waals surface area contributed by atoms with Crippen molar-refractivity contribution < 1.29 is 9.21 Å². The highest BCUT2D eigenvalue weighted by Gasteiger charge is 2.38. The van der Waals surface area contributed by atoms with Gasteiger partial charge in [0.25, 0.3) is 5.89 Å². The molecule has 34 heavy (non-hydrogen) atoms. The van der Waals surface area contributed by atoms with Gasteiger partial charge in [0.2, 0.25) is 0 Å². The van der Waals surface area contributed by atoms with E-state index in [9.17, 15) is 4.79 Å². The Labute approximate surface area is 194 Å². The van der Waals surface area contributed by atoms with Crippen LogP contribution in [0.3, 0.4) is 0 Å². The van der Waals surface area contributed by atoms with Gasteiger partial charge < -0.3 is 14.3 Å². The van der Waals surface area contributed by atoms with Gasteiger partial charge >= 0.3 is 11.8 Å². The Balaban J connectivity index is 1.41. The summed E-state index contributed by atoms with van der Waals surface area (Å²) in [5.41, 5.74) is 5.22. The van der Waals surface area contributed by atoms with Gasteiger partial charge in [0.05, 0.1) is 23.2 Å². The highest BCUT2D eigenvalue weighted by Crippen LogP contribution is 2.35. The fourth-order valence-corrected chi connectivity index (χ4v) is 4.54. The Morgan fingerprint density at radius 1 is 1.21 bits per heavy atom. The molecule has 0 fully saturated rings. The number of nitrogens with one attached hydrogen (secondary N) is 1. The summed E-state index contributed by atoms with van der Waals surface area (Å²) >= 11 is 0. The van der Waals surface area contributed by atoms with Crippen LogP contribution in [0.2, 0.25) is 0 Å². The smallest absolute Gasteiger partial charge is 0.312 e. The molecule has 1 aliphatic heterocycles. The monoisotopic (exact) mass is 457 g/mol. The Hall–Kier alpha value is -4.28. The molecule has 6 rings (SSSR count). The molecule has 1 aliphatic rings. The zero-order valence-electron chi connectivity index (χ0n) is 19.0. The average Bonchev–Trinajstić information content (AvgIpc) is 3.62. The summed E-state index contributed by atoms with van der Waals surface area (Å²) < 4.78 is 9.21. The van der Waals surface area contributed by atoms with Crippen LogP contribution < -0.4 is 0 Å². The summed E-state index contributed by atoms with van der Waals surface area (Å²) in [5.74, 6) is 0.0831. The van der Waals surface area contributed by atoms with E-state index in [1.165, 1.54) is 5.56 Å². The van der Waals surface area contributed by atoms with Crippen LogP contribution in [0.1, 0.15) is 59.1 Å². The van der Waals surface area contributed by atoms with Crippen LogP contribution in [0, 0.1) is 0 Å². The van der Waals surface area contributed by atoms with E-state index in [1.807, 2.05) is 22.8 Å². The zero-order valence-corrected chi connectivity index (χ0v) is 19.0. The van der Waals surface area contributed by atoms with Crippen molar-refractivity contribution in [2.75, 3.05) is 6.54 Å². The van der Waals surface area contributed by atoms with Gasteiger partial charge in [0.15, 0.2) is 0 Å². The summed E-state index contributed by atoms with van der Waals surface area (Å²) in [4.78, 5) is 23.0. The highest BCUT2D eigenvalue weighted by molar-refractivity contribution is 5.90. The maximum absolute atomic E-state index is 13.6. The molecule has 5 aromatic heterocycles. The number of aryl methyl sites for hydroxylation is 1. The van der Waals surface area contributed by atoms with Gasteiger partial charge in [-0.05, 0) is 29.7 Å². The maximum atomic E-state index is 13.6. The van der Waals surface area contributed by atoms with Crippen LogP contribution in [0.4, 0.5) is 0 Å². The van der Waals surface area contributed by atoms with E-state index < -0.39 is 6.04 Å². The lowest BCUT2D eigenvalue weighted by atomic mass is 9.98. The predicted octanol–water partition coefficient (Wildman–Crippen LogP) is 2.75. The molecule has 11 nitrogen and oxygen atoms in total. The quantitative estimate of drug-likeness (QED) is 0.440. The molecule has 0 bridgehead atoms. The number of hydrogen-bond acceptors (Lipinski definition) is 7. The number of aromatic amines is 1. The number of pyridine rings is 1. The molecule has 0 aromatic carbocycles. The lowest BCUT2D eigenvalue weighted by molar-refractivity contribution is 0.0646. The number of rotatable bonds is 4. The van der Waals surface area contributed by atoms with Crippen molar-refractivity contribution >= 4 is 11.4 Å². The molecule has 0 aliphatic carbocycles. The number of carbonyl (C=O) groups is 1. The Morgan fingerprint density at radius 2 is 2.09 bits per heavy atom. The first kappa shape index (κ1) is 20.3. The van der Waals surface area contributed by atoms with E-state index in [4.69, 9.17) is 9.52 Å².